The number of H-pyrrole nitrogens is 1. The molecule has 28 heavy (non-hydrogen) atoms. The fourth-order valence-corrected chi connectivity index (χ4v) is 5.24. The number of esters is 1. The van der Waals surface area contributed by atoms with Gasteiger partial charge >= 0.3 is 5.97 Å². The highest BCUT2D eigenvalue weighted by molar-refractivity contribution is 7.91. The zero-order valence-corrected chi connectivity index (χ0v) is 15.8. The lowest BCUT2D eigenvalue weighted by molar-refractivity contribution is -0.151. The van der Waals surface area contributed by atoms with Crippen molar-refractivity contribution in [3.63, 3.8) is 0 Å². The van der Waals surface area contributed by atoms with Crippen LogP contribution in [0.25, 0.3) is 10.9 Å². The first-order chi connectivity index (χ1) is 13.4. The molecule has 2 aromatic carbocycles. The summed E-state index contributed by atoms with van der Waals surface area (Å²) in [6.07, 6.45) is 0.706. The highest BCUT2D eigenvalue weighted by atomic mass is 32.2. The number of Topliss-reactive ketones (excluding diaryl/α,β-unsaturated/α-hetero) is 1. The molecule has 144 valence electrons. The number of benzene rings is 2. The van der Waals surface area contributed by atoms with Crippen molar-refractivity contribution in [2.75, 3.05) is 11.5 Å². The third-order valence-electron chi connectivity index (χ3n) is 4.99. The first-order valence-corrected chi connectivity index (χ1v) is 10.8. The Hall–Kier alpha value is -2.93. The van der Waals surface area contributed by atoms with Crippen molar-refractivity contribution in [1.82, 2.24) is 4.98 Å². The van der Waals surface area contributed by atoms with E-state index in [1.807, 2.05) is 30.3 Å². The van der Waals surface area contributed by atoms with Crippen molar-refractivity contribution >= 4 is 32.5 Å². The summed E-state index contributed by atoms with van der Waals surface area (Å²) in [5.74, 6) is -1.98. The van der Waals surface area contributed by atoms with Crippen LogP contribution in [0, 0.1) is 5.92 Å². The number of sulfone groups is 1. The van der Waals surface area contributed by atoms with Crippen LogP contribution in [0.1, 0.15) is 28.4 Å². The van der Waals surface area contributed by atoms with Crippen LogP contribution in [-0.4, -0.2) is 36.7 Å². The molecular weight excluding hydrogens is 378 g/mol. The lowest BCUT2D eigenvalue weighted by Crippen LogP contribution is -2.25. The minimum absolute atomic E-state index is 0.0286. The van der Waals surface area contributed by atoms with Gasteiger partial charge in [-0.2, -0.15) is 0 Å². The van der Waals surface area contributed by atoms with E-state index in [1.54, 1.807) is 30.5 Å². The van der Waals surface area contributed by atoms with E-state index in [9.17, 15) is 18.0 Å². The molecule has 1 N–H and O–H groups in total. The molecule has 0 aliphatic carbocycles. The molecule has 0 bridgehead atoms. The number of carbonyl (C=O) groups is 2. The molecule has 0 saturated carbocycles. The monoisotopic (exact) mass is 397 g/mol. The van der Waals surface area contributed by atoms with Crippen molar-refractivity contribution in [3.8, 4) is 0 Å². The molecule has 2 heterocycles. The second-order valence-corrected chi connectivity index (χ2v) is 9.17. The summed E-state index contributed by atoms with van der Waals surface area (Å²) in [6, 6.07) is 16.2. The Kier molecular flexibility index (Phi) is 4.77. The van der Waals surface area contributed by atoms with Crippen LogP contribution in [0.4, 0.5) is 0 Å². The highest BCUT2D eigenvalue weighted by Gasteiger charge is 2.37. The average Bonchev–Trinajstić information content (AvgIpc) is 3.29. The fourth-order valence-electron chi connectivity index (χ4n) is 3.51. The van der Waals surface area contributed by atoms with Gasteiger partial charge in [-0.15, -0.1) is 0 Å². The number of ketones is 1. The minimum Gasteiger partial charge on any atom is -0.449 e. The summed E-state index contributed by atoms with van der Waals surface area (Å²) in [4.78, 5) is 28.9. The third-order valence-corrected chi connectivity index (χ3v) is 6.76. The standard InChI is InChI=1S/C21H19NO5S/c23-19(17-12-22-18-9-5-4-8-16(17)18)20(14-6-2-1-3-7-14)27-21(24)15-10-11-28(25,26)13-15/h1-9,12,15,20,22H,10-11,13H2/t15-,20-/m1/s1. The van der Waals surface area contributed by atoms with Crippen LogP contribution in [0.2, 0.25) is 0 Å². The van der Waals surface area contributed by atoms with E-state index in [2.05, 4.69) is 4.98 Å². The molecule has 2 atom stereocenters. The summed E-state index contributed by atoms with van der Waals surface area (Å²) >= 11 is 0. The average molecular weight is 397 g/mol. The maximum atomic E-state index is 13.3. The summed E-state index contributed by atoms with van der Waals surface area (Å²) in [5.41, 5.74) is 1.79. The van der Waals surface area contributed by atoms with Gasteiger partial charge in [0.2, 0.25) is 5.78 Å². The van der Waals surface area contributed by atoms with Crippen molar-refractivity contribution in [2.45, 2.75) is 12.5 Å². The normalized spacial score (nSPS) is 19.4. The predicted molar refractivity (Wildman–Crippen MR) is 105 cm³/mol. The first kappa shape index (κ1) is 18.4. The Morgan fingerprint density at radius 3 is 2.46 bits per heavy atom. The van der Waals surface area contributed by atoms with Crippen LogP contribution in [0.3, 0.4) is 0 Å². The topological polar surface area (TPSA) is 93.3 Å². The number of hydrogen-bond donors (Lipinski definition) is 1. The molecular formula is C21H19NO5S. The zero-order chi connectivity index (χ0) is 19.7. The lowest BCUT2D eigenvalue weighted by atomic mass is 9.99. The van der Waals surface area contributed by atoms with Crippen LogP contribution < -0.4 is 0 Å². The molecule has 1 aliphatic heterocycles. The predicted octanol–water partition coefficient (Wildman–Crippen LogP) is 3.07. The second kappa shape index (κ2) is 7.24. The Morgan fingerprint density at radius 2 is 1.75 bits per heavy atom. The van der Waals surface area contributed by atoms with Crippen LogP contribution in [0.5, 0.6) is 0 Å². The van der Waals surface area contributed by atoms with Gasteiger partial charge in [0, 0.05) is 28.2 Å². The molecule has 0 amide bonds. The van der Waals surface area contributed by atoms with Crippen LogP contribution >= 0.6 is 0 Å². The zero-order valence-electron chi connectivity index (χ0n) is 15.0. The molecule has 0 spiro atoms. The summed E-state index contributed by atoms with van der Waals surface area (Å²) < 4.78 is 29.0. The number of hydrogen-bond acceptors (Lipinski definition) is 5. The molecule has 1 fully saturated rings. The van der Waals surface area contributed by atoms with E-state index < -0.39 is 27.8 Å². The van der Waals surface area contributed by atoms with Gasteiger partial charge < -0.3 is 9.72 Å². The smallest absolute Gasteiger partial charge is 0.311 e. The lowest BCUT2D eigenvalue weighted by Gasteiger charge is -2.19. The van der Waals surface area contributed by atoms with Gasteiger partial charge in [0.25, 0.3) is 0 Å². The minimum atomic E-state index is -3.22. The number of carbonyl (C=O) groups excluding carboxylic acids is 2. The third kappa shape index (κ3) is 3.57. The summed E-state index contributed by atoms with van der Waals surface area (Å²) in [6.45, 7) is 0. The maximum absolute atomic E-state index is 13.3. The number of para-hydroxylation sites is 1. The molecule has 0 unspecified atom stereocenters. The van der Waals surface area contributed by atoms with E-state index in [0.29, 0.717) is 11.1 Å². The Labute approximate surface area is 162 Å². The molecule has 4 rings (SSSR count). The van der Waals surface area contributed by atoms with E-state index in [0.717, 1.165) is 10.9 Å². The molecule has 6 nitrogen and oxygen atoms in total. The van der Waals surface area contributed by atoms with Gasteiger partial charge in [0.1, 0.15) is 0 Å². The number of rotatable bonds is 5. The Bertz CT molecular complexity index is 1130. The van der Waals surface area contributed by atoms with Crippen molar-refractivity contribution < 1.29 is 22.7 Å². The molecule has 1 aliphatic rings. The number of aromatic nitrogens is 1. The number of nitrogens with one attached hydrogen (secondary N) is 1. The largest absolute Gasteiger partial charge is 0.449 e. The van der Waals surface area contributed by atoms with Crippen molar-refractivity contribution in [2.24, 2.45) is 5.92 Å². The SMILES string of the molecule is O=C(O[C@@H](C(=O)c1c[nH]c2ccccc12)c1ccccc1)[C@@H]1CCS(=O)(=O)C1. The van der Waals surface area contributed by atoms with Gasteiger partial charge in [0.15, 0.2) is 15.9 Å². The number of fused-ring (bicyclic) bond motifs is 1. The second-order valence-electron chi connectivity index (χ2n) is 6.94. The summed E-state index contributed by atoms with van der Waals surface area (Å²) in [7, 11) is -3.22. The quantitative estimate of drug-likeness (QED) is 0.528. The van der Waals surface area contributed by atoms with Crippen LogP contribution in [-0.2, 0) is 19.4 Å². The Balaban J connectivity index is 1.66. The van der Waals surface area contributed by atoms with Gasteiger partial charge in [-0.05, 0) is 12.5 Å². The van der Waals surface area contributed by atoms with Crippen molar-refractivity contribution in [3.05, 3.63) is 71.9 Å². The molecule has 3 aromatic rings. The summed E-state index contributed by atoms with van der Waals surface area (Å²) in [5, 5.41) is 0.743. The van der Waals surface area contributed by atoms with E-state index >= 15 is 0 Å². The molecule has 1 aromatic heterocycles. The molecule has 7 heteroatoms. The van der Waals surface area contributed by atoms with E-state index in [4.69, 9.17) is 4.74 Å². The van der Waals surface area contributed by atoms with Gasteiger partial charge in [0.05, 0.1) is 17.4 Å². The Morgan fingerprint density at radius 1 is 1.04 bits per heavy atom. The van der Waals surface area contributed by atoms with Crippen molar-refractivity contribution in [1.29, 1.82) is 0 Å². The number of aromatic amines is 1. The van der Waals surface area contributed by atoms with Crippen LogP contribution in [0.15, 0.2) is 60.8 Å². The fraction of sp³-hybridized carbons (Fsp3) is 0.238. The first-order valence-electron chi connectivity index (χ1n) is 9.01. The van der Waals surface area contributed by atoms with Gasteiger partial charge in [-0.25, -0.2) is 8.42 Å². The van der Waals surface area contributed by atoms with E-state index in [-0.39, 0.29) is 23.7 Å². The van der Waals surface area contributed by atoms with E-state index in [1.165, 1.54) is 0 Å². The maximum Gasteiger partial charge on any atom is 0.311 e. The van der Waals surface area contributed by atoms with Gasteiger partial charge in [-0.1, -0.05) is 48.5 Å². The highest BCUT2D eigenvalue weighted by Crippen LogP contribution is 2.29. The molecule has 0 radical (unpaired) electrons. The number of ether oxygens (including phenoxy) is 1. The van der Waals surface area contributed by atoms with Gasteiger partial charge in [-0.3, -0.25) is 9.59 Å². The molecule has 1 saturated heterocycles.